The third-order valence-corrected chi connectivity index (χ3v) is 8.98. The van der Waals surface area contributed by atoms with Gasteiger partial charge in [0.25, 0.3) is 5.91 Å². The Morgan fingerprint density at radius 3 is 2.15 bits per heavy atom. The van der Waals surface area contributed by atoms with Crippen molar-refractivity contribution < 1.29 is 29.2 Å². The number of aliphatic hydroxyl groups excluding tert-OH is 2. The average Bonchev–Trinajstić information content (AvgIpc) is 3.62. The summed E-state index contributed by atoms with van der Waals surface area (Å²) in [5.41, 5.74) is 6.61. The number of nitrogens with one attached hydrogen (secondary N) is 3. The van der Waals surface area contributed by atoms with Gasteiger partial charge in [-0.3, -0.25) is 4.79 Å². The molecule has 6 aromatic rings. The molecule has 0 fully saturated rings. The van der Waals surface area contributed by atoms with Crippen molar-refractivity contribution in [3.63, 3.8) is 0 Å². The van der Waals surface area contributed by atoms with Gasteiger partial charge in [0, 0.05) is 29.1 Å². The second-order valence-electron chi connectivity index (χ2n) is 12.8. The number of fused-ring (bicyclic) bond motifs is 1. The number of rotatable bonds is 17. The minimum atomic E-state index is -0.758. The standard InChI is InChI=1S/C43H45N3O6/c1-29(44-25-39(48)33-17-19-40(35(22-33)26-47)51-27-30-10-5-3-6-11-30)20-32-16-18-37-34(21-32)23-38(46-37)43(49)45-24-36-41(50-2)14-9-15-42(36)52-28-31-12-7-4-8-13-31/h3-19,21-23,29,39,44,46-48H,20,24-28H2,1-2H3,(H,45,49)/t29-,39+/m1/s1. The molecule has 52 heavy (non-hydrogen) atoms. The molecule has 0 bridgehead atoms. The van der Waals surface area contributed by atoms with Crippen LogP contribution in [0.25, 0.3) is 10.9 Å². The van der Waals surface area contributed by atoms with E-state index >= 15 is 0 Å². The molecule has 0 aliphatic heterocycles. The van der Waals surface area contributed by atoms with E-state index in [2.05, 4.69) is 28.6 Å². The number of hydrogen-bond donors (Lipinski definition) is 5. The zero-order chi connectivity index (χ0) is 36.3. The molecule has 0 saturated heterocycles. The van der Waals surface area contributed by atoms with Crippen LogP contribution in [0.4, 0.5) is 0 Å². The molecule has 5 N–H and O–H groups in total. The summed E-state index contributed by atoms with van der Waals surface area (Å²) in [7, 11) is 1.60. The second kappa shape index (κ2) is 17.5. The largest absolute Gasteiger partial charge is 0.496 e. The van der Waals surface area contributed by atoms with Gasteiger partial charge in [-0.2, -0.15) is 0 Å². The summed E-state index contributed by atoms with van der Waals surface area (Å²) >= 11 is 0. The van der Waals surface area contributed by atoms with Gasteiger partial charge in [-0.15, -0.1) is 0 Å². The summed E-state index contributed by atoms with van der Waals surface area (Å²) in [6.45, 7) is 3.26. The lowest BCUT2D eigenvalue weighted by Gasteiger charge is -2.19. The number of aliphatic hydroxyl groups is 2. The van der Waals surface area contributed by atoms with Gasteiger partial charge in [0.05, 0.1) is 31.9 Å². The van der Waals surface area contributed by atoms with Crippen molar-refractivity contribution in [1.29, 1.82) is 0 Å². The van der Waals surface area contributed by atoms with Crippen molar-refractivity contribution in [1.82, 2.24) is 15.6 Å². The van der Waals surface area contributed by atoms with Crippen molar-refractivity contribution in [2.75, 3.05) is 13.7 Å². The van der Waals surface area contributed by atoms with Crippen LogP contribution in [0.1, 0.15) is 56.9 Å². The number of carbonyl (C=O) groups is 1. The predicted octanol–water partition coefficient (Wildman–Crippen LogP) is 7.01. The van der Waals surface area contributed by atoms with E-state index in [1.807, 2.05) is 103 Å². The van der Waals surface area contributed by atoms with Crippen molar-refractivity contribution in [2.24, 2.45) is 0 Å². The molecule has 0 aliphatic carbocycles. The fourth-order valence-corrected chi connectivity index (χ4v) is 6.14. The summed E-state index contributed by atoms with van der Waals surface area (Å²) in [6.07, 6.45) is -0.0326. The van der Waals surface area contributed by atoms with Gasteiger partial charge in [0.1, 0.15) is 36.2 Å². The van der Waals surface area contributed by atoms with Crippen molar-refractivity contribution in [3.05, 3.63) is 160 Å². The molecule has 0 aliphatic rings. The van der Waals surface area contributed by atoms with Gasteiger partial charge in [0.15, 0.2) is 0 Å². The van der Waals surface area contributed by atoms with E-state index in [-0.39, 0.29) is 25.1 Å². The van der Waals surface area contributed by atoms with E-state index in [1.54, 1.807) is 19.2 Å². The second-order valence-corrected chi connectivity index (χ2v) is 12.8. The topological polar surface area (TPSA) is 125 Å². The highest BCUT2D eigenvalue weighted by Crippen LogP contribution is 2.30. The zero-order valence-corrected chi connectivity index (χ0v) is 29.5. The number of aromatic nitrogens is 1. The fraction of sp³-hybridized carbons (Fsp3) is 0.233. The summed E-state index contributed by atoms with van der Waals surface area (Å²) in [4.78, 5) is 16.5. The van der Waals surface area contributed by atoms with E-state index in [1.165, 1.54) is 0 Å². The number of aromatic amines is 1. The lowest BCUT2D eigenvalue weighted by Crippen LogP contribution is -2.32. The maximum atomic E-state index is 13.3. The normalized spacial score (nSPS) is 12.3. The molecule has 268 valence electrons. The Morgan fingerprint density at radius 2 is 1.46 bits per heavy atom. The van der Waals surface area contributed by atoms with Crippen LogP contribution in [0.2, 0.25) is 0 Å². The van der Waals surface area contributed by atoms with Gasteiger partial charge >= 0.3 is 0 Å². The summed E-state index contributed by atoms with van der Waals surface area (Å²) < 4.78 is 17.6. The van der Waals surface area contributed by atoms with Crippen molar-refractivity contribution in [2.45, 2.75) is 51.9 Å². The lowest BCUT2D eigenvalue weighted by atomic mass is 10.0. The molecule has 0 saturated carbocycles. The lowest BCUT2D eigenvalue weighted by molar-refractivity contribution is 0.0946. The van der Waals surface area contributed by atoms with Crippen LogP contribution < -0.4 is 24.8 Å². The molecule has 0 unspecified atom stereocenters. The van der Waals surface area contributed by atoms with E-state index in [4.69, 9.17) is 14.2 Å². The quantitative estimate of drug-likeness (QED) is 0.0694. The Labute approximate surface area is 304 Å². The van der Waals surface area contributed by atoms with Crippen molar-refractivity contribution >= 4 is 16.8 Å². The minimum Gasteiger partial charge on any atom is -0.496 e. The predicted molar refractivity (Wildman–Crippen MR) is 203 cm³/mol. The van der Waals surface area contributed by atoms with Gasteiger partial charge in [-0.05, 0) is 78.1 Å². The molecule has 6 rings (SSSR count). The molecule has 1 heterocycles. The monoisotopic (exact) mass is 699 g/mol. The first-order valence-electron chi connectivity index (χ1n) is 17.4. The van der Waals surface area contributed by atoms with Gasteiger partial charge in [-0.1, -0.05) is 78.9 Å². The van der Waals surface area contributed by atoms with Crippen LogP contribution in [-0.2, 0) is 32.8 Å². The van der Waals surface area contributed by atoms with E-state index in [0.29, 0.717) is 53.8 Å². The molecule has 0 radical (unpaired) electrons. The summed E-state index contributed by atoms with van der Waals surface area (Å²) in [6, 6.07) is 38.8. The maximum absolute atomic E-state index is 13.3. The third-order valence-electron chi connectivity index (χ3n) is 8.98. The highest BCUT2D eigenvalue weighted by Gasteiger charge is 2.17. The molecule has 9 heteroatoms. The van der Waals surface area contributed by atoms with Gasteiger partial charge < -0.3 is 40.0 Å². The SMILES string of the molecule is COc1cccc(OCc2ccccc2)c1CNC(=O)c1cc2cc(C[C@@H](C)NC[C@H](O)c3ccc(OCc4ccccc4)c(CO)c3)ccc2[nH]1. The third kappa shape index (κ3) is 9.38. The van der Waals surface area contributed by atoms with Crippen molar-refractivity contribution in [3.8, 4) is 17.2 Å². The Hall–Kier alpha value is -5.61. The van der Waals surface area contributed by atoms with Crippen LogP contribution in [0.15, 0.2) is 121 Å². The molecule has 9 nitrogen and oxygen atoms in total. The first kappa shape index (κ1) is 36.2. The van der Waals surface area contributed by atoms with Crippen LogP contribution in [-0.4, -0.2) is 40.8 Å². The summed E-state index contributed by atoms with van der Waals surface area (Å²) in [5, 5.41) is 28.3. The maximum Gasteiger partial charge on any atom is 0.268 e. The molecular weight excluding hydrogens is 654 g/mol. The minimum absolute atomic E-state index is 0.0683. The smallest absolute Gasteiger partial charge is 0.268 e. The van der Waals surface area contributed by atoms with Gasteiger partial charge in [-0.25, -0.2) is 0 Å². The molecule has 0 spiro atoms. The van der Waals surface area contributed by atoms with Crippen LogP contribution in [0, 0.1) is 0 Å². The number of carbonyl (C=O) groups excluding carboxylic acids is 1. The average molecular weight is 700 g/mol. The number of hydrogen-bond acceptors (Lipinski definition) is 7. The van der Waals surface area contributed by atoms with Crippen LogP contribution >= 0.6 is 0 Å². The molecule has 1 aromatic heterocycles. The van der Waals surface area contributed by atoms with E-state index in [0.717, 1.165) is 39.6 Å². The number of H-pyrrole nitrogens is 1. The Kier molecular flexibility index (Phi) is 12.2. The van der Waals surface area contributed by atoms with Gasteiger partial charge in [0.2, 0.25) is 0 Å². The molecular formula is C43H45N3O6. The summed E-state index contributed by atoms with van der Waals surface area (Å²) in [5.74, 6) is 1.65. The number of benzene rings is 5. The number of ether oxygens (including phenoxy) is 3. The highest BCUT2D eigenvalue weighted by molar-refractivity contribution is 5.98. The zero-order valence-electron chi connectivity index (χ0n) is 29.5. The molecule has 5 aromatic carbocycles. The van der Waals surface area contributed by atoms with Crippen LogP contribution in [0.3, 0.4) is 0 Å². The number of methoxy groups -OCH3 is 1. The van der Waals surface area contributed by atoms with E-state index < -0.39 is 6.10 Å². The Morgan fingerprint density at radius 1 is 0.769 bits per heavy atom. The van der Waals surface area contributed by atoms with E-state index in [9.17, 15) is 15.0 Å². The molecule has 1 amide bonds. The number of amides is 1. The highest BCUT2D eigenvalue weighted by atomic mass is 16.5. The van der Waals surface area contributed by atoms with Crippen LogP contribution in [0.5, 0.6) is 17.2 Å². The first-order chi connectivity index (χ1) is 25.4. The molecule has 2 atom stereocenters. The Balaban J connectivity index is 1.02. The Bertz CT molecular complexity index is 2060. The fourth-order valence-electron chi connectivity index (χ4n) is 6.14. The first-order valence-corrected chi connectivity index (χ1v) is 17.4.